The summed E-state index contributed by atoms with van der Waals surface area (Å²) in [7, 11) is 0. The molecule has 6 nitrogen and oxygen atoms in total. The average Bonchev–Trinajstić information content (AvgIpc) is 3.21. The molecular formula is C21H29F3N4O2. The van der Waals surface area contributed by atoms with Gasteiger partial charge in [0.2, 0.25) is 5.91 Å². The first-order chi connectivity index (χ1) is 14.2. The van der Waals surface area contributed by atoms with Crippen LogP contribution in [0.25, 0.3) is 0 Å². The third-order valence-electron chi connectivity index (χ3n) is 5.80. The van der Waals surface area contributed by atoms with Crippen LogP contribution in [0.15, 0.2) is 24.3 Å². The van der Waals surface area contributed by atoms with E-state index in [4.69, 9.17) is 0 Å². The summed E-state index contributed by atoms with van der Waals surface area (Å²) in [5.41, 5.74) is 1.48. The van der Waals surface area contributed by atoms with Crippen LogP contribution in [0.4, 0.5) is 18.9 Å². The molecule has 2 aliphatic rings. The van der Waals surface area contributed by atoms with Gasteiger partial charge in [-0.2, -0.15) is 13.2 Å². The number of nitrogens with one attached hydrogen (secondary N) is 1. The zero-order valence-electron chi connectivity index (χ0n) is 17.4. The highest BCUT2D eigenvalue weighted by molar-refractivity contribution is 5.98. The monoisotopic (exact) mass is 426 g/mol. The number of anilines is 1. The van der Waals surface area contributed by atoms with Gasteiger partial charge in [0.05, 0.1) is 0 Å². The molecular weight excluding hydrogens is 397 g/mol. The topological polar surface area (TPSA) is 55.9 Å². The number of benzene rings is 1. The van der Waals surface area contributed by atoms with E-state index in [2.05, 4.69) is 23.6 Å². The molecule has 1 atom stereocenters. The summed E-state index contributed by atoms with van der Waals surface area (Å²) in [6.07, 6.45) is -3.51. The number of amides is 2. The first-order valence-electron chi connectivity index (χ1n) is 10.4. The van der Waals surface area contributed by atoms with Gasteiger partial charge < -0.3 is 15.1 Å². The molecule has 9 heteroatoms. The molecule has 0 spiro atoms. The van der Waals surface area contributed by atoms with E-state index in [1.54, 1.807) is 12.1 Å². The smallest absolute Gasteiger partial charge is 0.369 e. The van der Waals surface area contributed by atoms with Crippen LogP contribution < -0.4 is 10.2 Å². The maximum absolute atomic E-state index is 12.9. The van der Waals surface area contributed by atoms with Crippen LogP contribution in [0, 0.1) is 0 Å². The van der Waals surface area contributed by atoms with Crippen molar-refractivity contribution in [2.75, 3.05) is 44.2 Å². The first kappa shape index (κ1) is 22.4. The van der Waals surface area contributed by atoms with E-state index in [1.165, 1.54) is 4.90 Å². The van der Waals surface area contributed by atoms with E-state index < -0.39 is 24.7 Å². The van der Waals surface area contributed by atoms with Gasteiger partial charge in [-0.15, -0.1) is 0 Å². The molecule has 0 aromatic heterocycles. The minimum Gasteiger partial charge on any atom is -0.369 e. The lowest BCUT2D eigenvalue weighted by Crippen LogP contribution is -2.49. The highest BCUT2D eigenvalue weighted by Crippen LogP contribution is 2.23. The Morgan fingerprint density at radius 1 is 1.07 bits per heavy atom. The van der Waals surface area contributed by atoms with Crippen molar-refractivity contribution in [3.63, 3.8) is 0 Å². The van der Waals surface area contributed by atoms with Gasteiger partial charge in [-0.1, -0.05) is 0 Å². The molecule has 2 amide bonds. The molecule has 166 valence electrons. The molecule has 1 aromatic carbocycles. The molecule has 0 radical (unpaired) electrons. The third-order valence-corrected chi connectivity index (χ3v) is 5.80. The predicted octanol–water partition coefficient (Wildman–Crippen LogP) is 2.50. The van der Waals surface area contributed by atoms with E-state index in [1.807, 2.05) is 17.4 Å². The minimum atomic E-state index is -4.47. The normalized spacial score (nSPS) is 20.7. The quantitative estimate of drug-likeness (QED) is 0.786. The Morgan fingerprint density at radius 2 is 1.70 bits per heavy atom. The maximum atomic E-state index is 12.9. The number of piperazine rings is 1. The largest absolute Gasteiger partial charge is 0.405 e. The van der Waals surface area contributed by atoms with Crippen molar-refractivity contribution >= 4 is 17.5 Å². The highest BCUT2D eigenvalue weighted by atomic mass is 19.4. The second kappa shape index (κ2) is 9.24. The van der Waals surface area contributed by atoms with E-state index in [9.17, 15) is 22.8 Å². The second-order valence-electron chi connectivity index (χ2n) is 8.15. The molecule has 2 fully saturated rings. The number of rotatable bonds is 5. The number of carbonyl (C=O) groups is 2. The Hall–Kier alpha value is -2.29. The lowest BCUT2D eigenvalue weighted by Gasteiger charge is -2.38. The molecule has 1 aromatic rings. The third kappa shape index (κ3) is 5.44. The number of carbonyl (C=O) groups excluding carboxylic acids is 2. The van der Waals surface area contributed by atoms with Crippen molar-refractivity contribution in [2.45, 2.75) is 44.9 Å². The molecule has 0 aliphatic carbocycles. The van der Waals surface area contributed by atoms with E-state index >= 15 is 0 Å². The maximum Gasteiger partial charge on any atom is 0.405 e. The molecule has 2 heterocycles. The Labute approximate surface area is 175 Å². The van der Waals surface area contributed by atoms with Crippen molar-refractivity contribution in [2.24, 2.45) is 0 Å². The fraction of sp³-hybridized carbons (Fsp3) is 0.619. The van der Waals surface area contributed by atoms with Crippen LogP contribution in [0.5, 0.6) is 0 Å². The Bertz CT molecular complexity index is 744. The summed E-state index contributed by atoms with van der Waals surface area (Å²) < 4.78 is 37.1. The van der Waals surface area contributed by atoms with Gasteiger partial charge in [-0.3, -0.25) is 14.5 Å². The van der Waals surface area contributed by atoms with Crippen LogP contribution >= 0.6 is 0 Å². The molecule has 0 saturated carbocycles. The van der Waals surface area contributed by atoms with Gasteiger partial charge >= 0.3 is 6.18 Å². The van der Waals surface area contributed by atoms with E-state index in [0.29, 0.717) is 31.0 Å². The number of alkyl halides is 3. The molecule has 2 aliphatic heterocycles. The van der Waals surface area contributed by atoms with Gasteiger partial charge in [0.25, 0.3) is 5.91 Å². The van der Waals surface area contributed by atoms with Gasteiger partial charge in [0.1, 0.15) is 12.6 Å². The summed E-state index contributed by atoms with van der Waals surface area (Å²) >= 11 is 0. The minimum absolute atomic E-state index is 0.323. The lowest BCUT2D eigenvalue weighted by atomic mass is 10.1. The van der Waals surface area contributed by atoms with Crippen molar-refractivity contribution < 1.29 is 22.8 Å². The number of hydrogen-bond donors (Lipinski definition) is 1. The van der Waals surface area contributed by atoms with Gasteiger partial charge in [0, 0.05) is 50.0 Å². The summed E-state index contributed by atoms with van der Waals surface area (Å²) in [6.45, 7) is 7.15. The summed E-state index contributed by atoms with van der Waals surface area (Å²) in [4.78, 5) is 31.1. The number of hydrogen-bond acceptors (Lipinski definition) is 4. The fourth-order valence-corrected chi connectivity index (χ4v) is 4.06. The number of halogens is 3. The molecule has 0 bridgehead atoms. The zero-order valence-corrected chi connectivity index (χ0v) is 17.4. The van der Waals surface area contributed by atoms with Crippen LogP contribution in [0.3, 0.4) is 0 Å². The molecule has 3 rings (SSSR count). The number of nitrogens with zero attached hydrogens (tertiary/aromatic N) is 3. The SMILES string of the molecule is CC(C)N1CCN(c2ccc(C(=O)N3CCCC3C(=O)NCC(F)(F)F)cc2)CC1. The molecule has 1 N–H and O–H groups in total. The molecule has 2 saturated heterocycles. The van der Waals surface area contributed by atoms with Crippen molar-refractivity contribution in [1.29, 1.82) is 0 Å². The van der Waals surface area contributed by atoms with E-state index in [0.717, 1.165) is 31.9 Å². The second-order valence-corrected chi connectivity index (χ2v) is 8.15. The standard InChI is InChI=1S/C21H29F3N4O2/c1-15(2)26-10-12-27(13-11-26)17-7-5-16(6-8-17)20(30)28-9-3-4-18(28)19(29)25-14-21(22,23)24/h5-8,15,18H,3-4,9-14H2,1-2H3,(H,25,29). The predicted molar refractivity (Wildman–Crippen MR) is 108 cm³/mol. The van der Waals surface area contributed by atoms with Gasteiger partial charge in [-0.05, 0) is 51.0 Å². The molecule has 30 heavy (non-hydrogen) atoms. The van der Waals surface area contributed by atoms with Crippen molar-refractivity contribution in [1.82, 2.24) is 15.1 Å². The first-order valence-corrected chi connectivity index (χ1v) is 10.4. The Morgan fingerprint density at radius 3 is 2.27 bits per heavy atom. The fourth-order valence-electron chi connectivity index (χ4n) is 4.06. The van der Waals surface area contributed by atoms with E-state index in [-0.39, 0.29) is 5.91 Å². The highest BCUT2D eigenvalue weighted by Gasteiger charge is 2.36. The summed E-state index contributed by atoms with van der Waals surface area (Å²) in [6, 6.07) is 6.92. The summed E-state index contributed by atoms with van der Waals surface area (Å²) in [5, 5.41) is 1.90. The molecule has 1 unspecified atom stereocenters. The van der Waals surface area contributed by atoms with Crippen LogP contribution in [-0.4, -0.2) is 79.1 Å². The van der Waals surface area contributed by atoms with Crippen molar-refractivity contribution in [3.8, 4) is 0 Å². The average molecular weight is 426 g/mol. The Kier molecular flexibility index (Phi) is 6.90. The lowest BCUT2D eigenvalue weighted by molar-refractivity contribution is -0.140. The van der Waals surface area contributed by atoms with Gasteiger partial charge in [0.15, 0.2) is 0 Å². The van der Waals surface area contributed by atoms with Crippen molar-refractivity contribution in [3.05, 3.63) is 29.8 Å². The zero-order chi connectivity index (χ0) is 21.9. The summed E-state index contributed by atoms with van der Waals surface area (Å²) in [5.74, 6) is -1.08. The van der Waals surface area contributed by atoms with Gasteiger partial charge in [-0.25, -0.2) is 0 Å². The number of likely N-dealkylation sites (tertiary alicyclic amines) is 1. The Balaban J connectivity index is 1.60. The van der Waals surface area contributed by atoms with Crippen LogP contribution in [0.2, 0.25) is 0 Å². The van der Waals surface area contributed by atoms with Crippen LogP contribution in [-0.2, 0) is 4.79 Å². The van der Waals surface area contributed by atoms with Crippen LogP contribution in [0.1, 0.15) is 37.0 Å².